The minimum Gasteiger partial charge on any atom is -0.481 e. The van der Waals surface area contributed by atoms with Gasteiger partial charge in [0.2, 0.25) is 6.79 Å². The van der Waals surface area contributed by atoms with Crippen molar-refractivity contribution < 1.29 is 24.2 Å². The molecule has 1 N–H and O–H groups in total. The highest BCUT2D eigenvalue weighted by Crippen LogP contribution is 2.40. The Morgan fingerprint density at radius 3 is 2.68 bits per heavy atom. The first-order chi connectivity index (χ1) is 10.5. The summed E-state index contributed by atoms with van der Waals surface area (Å²) < 4.78 is 10.5. The summed E-state index contributed by atoms with van der Waals surface area (Å²) in [7, 11) is 0. The maximum Gasteiger partial charge on any atom is 0.303 e. The fourth-order valence-corrected chi connectivity index (χ4v) is 3.13. The molecule has 1 saturated heterocycles. The molecule has 0 aliphatic carbocycles. The number of carboxylic acid groups (broad SMARTS) is 1. The van der Waals surface area contributed by atoms with Crippen molar-refractivity contribution in [2.45, 2.75) is 19.3 Å². The van der Waals surface area contributed by atoms with Gasteiger partial charge in [0, 0.05) is 25.1 Å². The number of ether oxygens (including phenoxy) is 2. The molecule has 0 aromatic heterocycles. The molecule has 2 aliphatic heterocycles. The Morgan fingerprint density at radius 2 is 2.00 bits per heavy atom. The molecular formula is C15H16ClNO5. The number of amides is 1. The van der Waals surface area contributed by atoms with Gasteiger partial charge in [-0.2, -0.15) is 0 Å². The molecule has 118 valence electrons. The predicted octanol–water partition coefficient (Wildman–Crippen LogP) is 2.40. The smallest absolute Gasteiger partial charge is 0.303 e. The largest absolute Gasteiger partial charge is 0.481 e. The predicted molar refractivity (Wildman–Crippen MR) is 78.5 cm³/mol. The Kier molecular flexibility index (Phi) is 4.11. The van der Waals surface area contributed by atoms with E-state index in [-0.39, 0.29) is 25.0 Å². The number of benzene rings is 1. The summed E-state index contributed by atoms with van der Waals surface area (Å²) in [5.41, 5.74) is 0.464. The van der Waals surface area contributed by atoms with Gasteiger partial charge in [-0.25, -0.2) is 0 Å². The maximum atomic E-state index is 12.5. The highest BCUT2D eigenvalue weighted by atomic mass is 35.5. The number of halogens is 1. The minimum atomic E-state index is -0.785. The van der Waals surface area contributed by atoms with E-state index in [1.54, 1.807) is 17.0 Å². The van der Waals surface area contributed by atoms with Gasteiger partial charge in [-0.3, -0.25) is 9.59 Å². The van der Waals surface area contributed by atoms with E-state index in [1.807, 2.05) is 0 Å². The van der Waals surface area contributed by atoms with Crippen LogP contribution in [-0.2, 0) is 4.79 Å². The molecular weight excluding hydrogens is 310 g/mol. The Labute approximate surface area is 132 Å². The Balaban J connectivity index is 1.68. The SMILES string of the molecule is O=C(O)CC1CCN(C(=O)c2cc(Cl)c3c(c2)OCO3)CC1. The van der Waals surface area contributed by atoms with E-state index in [1.165, 1.54) is 0 Å². The van der Waals surface area contributed by atoms with E-state index < -0.39 is 5.97 Å². The van der Waals surface area contributed by atoms with Gasteiger partial charge in [0.25, 0.3) is 5.91 Å². The monoisotopic (exact) mass is 325 g/mol. The van der Waals surface area contributed by atoms with Gasteiger partial charge in [0.15, 0.2) is 11.5 Å². The molecule has 0 spiro atoms. The third kappa shape index (κ3) is 2.97. The first-order valence-corrected chi connectivity index (χ1v) is 7.52. The summed E-state index contributed by atoms with van der Waals surface area (Å²) >= 11 is 6.10. The number of carbonyl (C=O) groups is 2. The second-order valence-electron chi connectivity index (χ2n) is 5.53. The maximum absolute atomic E-state index is 12.5. The van der Waals surface area contributed by atoms with Crippen LogP contribution in [0.3, 0.4) is 0 Å². The number of nitrogens with zero attached hydrogens (tertiary/aromatic N) is 1. The van der Waals surface area contributed by atoms with Crippen molar-refractivity contribution in [3.05, 3.63) is 22.7 Å². The van der Waals surface area contributed by atoms with Crippen LogP contribution in [0, 0.1) is 5.92 Å². The molecule has 0 bridgehead atoms. The Hall–Kier alpha value is -1.95. The first kappa shape index (κ1) is 15.0. The van der Waals surface area contributed by atoms with Crippen molar-refractivity contribution in [1.82, 2.24) is 4.90 Å². The van der Waals surface area contributed by atoms with Crippen LogP contribution < -0.4 is 9.47 Å². The second kappa shape index (κ2) is 6.04. The number of carbonyl (C=O) groups excluding carboxylic acids is 1. The quantitative estimate of drug-likeness (QED) is 0.923. The lowest BCUT2D eigenvalue weighted by Gasteiger charge is -2.31. The van der Waals surface area contributed by atoms with Crippen LogP contribution in [0.5, 0.6) is 11.5 Å². The van der Waals surface area contributed by atoms with Gasteiger partial charge in [0.1, 0.15) is 0 Å². The average molecular weight is 326 g/mol. The number of hydrogen-bond donors (Lipinski definition) is 1. The molecule has 1 aromatic carbocycles. The Morgan fingerprint density at radius 1 is 1.27 bits per heavy atom. The van der Waals surface area contributed by atoms with Gasteiger partial charge >= 0.3 is 5.97 Å². The van der Waals surface area contributed by atoms with E-state index in [0.717, 1.165) is 0 Å². The normalized spacial score (nSPS) is 17.6. The average Bonchev–Trinajstić information content (AvgIpc) is 2.95. The lowest BCUT2D eigenvalue weighted by molar-refractivity contribution is -0.138. The third-order valence-corrected chi connectivity index (χ3v) is 4.32. The topological polar surface area (TPSA) is 76.1 Å². The van der Waals surface area contributed by atoms with Crippen LogP contribution in [0.25, 0.3) is 0 Å². The molecule has 0 radical (unpaired) electrons. The highest BCUT2D eigenvalue weighted by molar-refractivity contribution is 6.32. The number of hydrogen-bond acceptors (Lipinski definition) is 4. The van der Waals surface area contributed by atoms with Crippen molar-refractivity contribution >= 4 is 23.5 Å². The van der Waals surface area contributed by atoms with Crippen LogP contribution in [0.4, 0.5) is 0 Å². The zero-order valence-electron chi connectivity index (χ0n) is 11.9. The van der Waals surface area contributed by atoms with Crippen molar-refractivity contribution in [2.24, 2.45) is 5.92 Å². The standard InChI is InChI=1S/C15H16ClNO5/c16-11-6-10(7-12-14(11)22-8-21-12)15(20)17-3-1-9(2-4-17)5-13(18)19/h6-7,9H,1-5,8H2,(H,18,19). The molecule has 3 rings (SSSR count). The van der Waals surface area contributed by atoms with Gasteiger partial charge in [-0.05, 0) is 30.9 Å². The number of likely N-dealkylation sites (tertiary alicyclic amines) is 1. The Bertz CT molecular complexity index is 610. The summed E-state index contributed by atoms with van der Waals surface area (Å²) in [5, 5.41) is 9.18. The lowest BCUT2D eigenvalue weighted by Crippen LogP contribution is -2.38. The van der Waals surface area contributed by atoms with Crippen LogP contribution in [0.2, 0.25) is 5.02 Å². The van der Waals surface area contributed by atoms with Crippen molar-refractivity contribution in [3.63, 3.8) is 0 Å². The third-order valence-electron chi connectivity index (χ3n) is 4.04. The summed E-state index contributed by atoms with van der Waals surface area (Å²) in [6.07, 6.45) is 1.57. The molecule has 2 heterocycles. The second-order valence-corrected chi connectivity index (χ2v) is 5.93. The summed E-state index contributed by atoms with van der Waals surface area (Å²) in [6, 6.07) is 3.22. The lowest BCUT2D eigenvalue weighted by atomic mass is 9.93. The molecule has 0 saturated carbocycles. The van der Waals surface area contributed by atoms with Crippen molar-refractivity contribution in [2.75, 3.05) is 19.9 Å². The van der Waals surface area contributed by atoms with Crippen LogP contribution in [0.15, 0.2) is 12.1 Å². The fourth-order valence-electron chi connectivity index (χ4n) is 2.86. The molecule has 0 unspecified atom stereocenters. The molecule has 1 aromatic rings. The molecule has 2 aliphatic rings. The summed E-state index contributed by atoms with van der Waals surface area (Å²) in [4.78, 5) is 25.0. The van der Waals surface area contributed by atoms with Crippen LogP contribution in [-0.4, -0.2) is 41.8 Å². The molecule has 1 fully saturated rings. The minimum absolute atomic E-state index is 0.104. The number of piperidine rings is 1. The molecule has 7 heteroatoms. The summed E-state index contributed by atoms with van der Waals surface area (Å²) in [6.45, 7) is 1.22. The van der Waals surface area contributed by atoms with E-state index in [4.69, 9.17) is 26.2 Å². The zero-order valence-corrected chi connectivity index (χ0v) is 12.6. The molecule has 22 heavy (non-hydrogen) atoms. The number of aliphatic carboxylic acids is 1. The van der Waals surface area contributed by atoms with E-state index in [2.05, 4.69) is 0 Å². The van der Waals surface area contributed by atoms with E-state index in [0.29, 0.717) is 48.0 Å². The fraction of sp³-hybridized carbons (Fsp3) is 0.467. The number of carboxylic acids is 1. The molecule has 6 nitrogen and oxygen atoms in total. The van der Waals surface area contributed by atoms with E-state index >= 15 is 0 Å². The summed E-state index contributed by atoms with van der Waals surface area (Å²) in [5.74, 6) is 0.193. The van der Waals surface area contributed by atoms with Crippen molar-refractivity contribution in [3.8, 4) is 11.5 Å². The van der Waals surface area contributed by atoms with Crippen LogP contribution >= 0.6 is 11.6 Å². The van der Waals surface area contributed by atoms with Gasteiger partial charge in [0.05, 0.1) is 5.02 Å². The number of rotatable bonds is 3. The zero-order chi connectivity index (χ0) is 15.7. The molecule has 0 atom stereocenters. The van der Waals surface area contributed by atoms with Crippen molar-refractivity contribution in [1.29, 1.82) is 0 Å². The van der Waals surface area contributed by atoms with E-state index in [9.17, 15) is 9.59 Å². The van der Waals surface area contributed by atoms with Crippen LogP contribution in [0.1, 0.15) is 29.6 Å². The number of fused-ring (bicyclic) bond motifs is 1. The first-order valence-electron chi connectivity index (χ1n) is 7.15. The van der Waals surface area contributed by atoms with Gasteiger partial charge in [-0.15, -0.1) is 0 Å². The highest BCUT2D eigenvalue weighted by Gasteiger charge is 2.27. The van der Waals surface area contributed by atoms with Gasteiger partial charge in [-0.1, -0.05) is 11.6 Å². The molecule has 1 amide bonds. The van der Waals surface area contributed by atoms with Gasteiger partial charge < -0.3 is 19.5 Å².